The fourth-order valence-electron chi connectivity index (χ4n) is 11.8. The highest BCUT2D eigenvalue weighted by atomic mass is 32.2. The lowest BCUT2D eigenvalue weighted by molar-refractivity contribution is -0.142. The minimum absolute atomic E-state index is 0.0392. The van der Waals surface area contributed by atoms with Crippen molar-refractivity contribution in [3.63, 3.8) is 0 Å². The van der Waals surface area contributed by atoms with Crippen molar-refractivity contribution in [3.05, 3.63) is 84.1 Å². The van der Waals surface area contributed by atoms with Crippen molar-refractivity contribution in [3.8, 4) is 0 Å². The first-order valence-electron chi connectivity index (χ1n) is 35.5. The maximum absolute atomic E-state index is 14.5. The number of carboxylic acid groups (broad SMARTS) is 4. The van der Waals surface area contributed by atoms with Crippen LogP contribution in [0.1, 0.15) is 88.3 Å². The number of aliphatic carboxylic acids is 4. The quantitative estimate of drug-likeness (QED) is 0.0201. The Balaban J connectivity index is 1.25. The Bertz CT molecular complexity index is 3830. The number of primary amides is 2. The third-order valence-electron chi connectivity index (χ3n) is 17.6. The molecule has 1 aliphatic rings. The number of carboxylic acids is 4. The number of fused-ring (bicyclic) bond motifs is 1. The number of benzene rings is 2. The van der Waals surface area contributed by atoms with Crippen molar-refractivity contribution in [2.75, 3.05) is 102 Å². The van der Waals surface area contributed by atoms with Crippen LogP contribution in [0.5, 0.6) is 0 Å². The summed E-state index contributed by atoms with van der Waals surface area (Å²) in [5.74, 6) is -15.3. The molecule has 4 aromatic rings. The first kappa shape index (κ1) is 89.5. The molecule has 0 aliphatic carbocycles. The average Bonchev–Trinajstić information content (AvgIpc) is 1.67. The molecule has 0 saturated carbocycles. The van der Waals surface area contributed by atoms with E-state index in [0.717, 1.165) is 0 Å². The summed E-state index contributed by atoms with van der Waals surface area (Å²) in [6.07, 6.45) is 4.71. The van der Waals surface area contributed by atoms with Crippen LogP contribution in [0.3, 0.4) is 0 Å². The van der Waals surface area contributed by atoms with Gasteiger partial charge in [0.1, 0.15) is 42.3 Å². The number of imidazole rings is 1. The van der Waals surface area contributed by atoms with Crippen LogP contribution in [0, 0.1) is 11.8 Å². The van der Waals surface area contributed by atoms with E-state index in [-0.39, 0.29) is 102 Å². The van der Waals surface area contributed by atoms with Crippen molar-refractivity contribution in [2.45, 2.75) is 128 Å². The third-order valence-corrected chi connectivity index (χ3v) is 18.2. The lowest BCUT2D eigenvalue weighted by Crippen LogP contribution is -2.59. The zero-order chi connectivity index (χ0) is 81.3. The zero-order valence-corrected chi connectivity index (χ0v) is 62.9. The Kier molecular flexibility index (Phi) is 36.6. The minimum atomic E-state index is -1.54. The Labute approximate surface area is 637 Å². The lowest BCUT2D eigenvalue weighted by atomic mass is 10.0. The predicted molar refractivity (Wildman–Crippen MR) is 399 cm³/mol. The molecule has 0 bridgehead atoms. The Morgan fingerprint density at radius 1 is 0.545 bits per heavy atom. The number of nitrogens with one attached hydrogen (secondary N) is 12. The molecule has 110 heavy (non-hydrogen) atoms. The molecular weight excluding hydrogens is 1460 g/mol. The first-order valence-corrected chi connectivity index (χ1v) is 36.9. The highest BCUT2D eigenvalue weighted by molar-refractivity contribution is 7.98. The summed E-state index contributed by atoms with van der Waals surface area (Å²) < 4.78 is 0. The second-order valence-electron chi connectivity index (χ2n) is 27.2. The van der Waals surface area contributed by atoms with Crippen molar-refractivity contribution >= 4 is 123 Å². The van der Waals surface area contributed by atoms with Gasteiger partial charge in [-0.3, -0.25) is 96.3 Å². The van der Waals surface area contributed by atoms with Gasteiger partial charge in [-0.05, 0) is 85.9 Å². The normalized spacial score (nSPS) is 15.6. The highest BCUT2D eigenvalue weighted by Gasteiger charge is 2.36. The van der Waals surface area contributed by atoms with Gasteiger partial charge < -0.3 is 95.0 Å². The largest absolute Gasteiger partial charge is 0.481 e. The summed E-state index contributed by atoms with van der Waals surface area (Å²) >= 11 is 1.44. The monoisotopic (exact) mass is 1560 g/mol. The van der Waals surface area contributed by atoms with Crippen LogP contribution in [0.2, 0.25) is 0 Å². The van der Waals surface area contributed by atoms with Crippen molar-refractivity contribution in [1.29, 1.82) is 0 Å². The Morgan fingerprint density at radius 2 is 1.08 bits per heavy atom. The number of H-pyrrole nitrogens is 2. The number of nitrogens with two attached hydrogens (primary N) is 2. The molecule has 602 valence electrons. The SMILES string of the molecule is CSCC[C@H](NC(=O)[C@H](CC(C)C)NC(=O)[C@H](Cc1c[nH]cn1)NC(=O)CNC(=O)[C@@H](NC(=O)[C@H](C)NC(=O)[C@H](Cc1c[nH]c2ccccc12)NC(=O)[C@H](CCC(N)=O)NC(=O)c1ccc(NC(=O)CNC(=O)C(CC(=O)O)N2CCN(CC(=O)O)CCN(CC(=O)O)CCN(CC(=O)O)CC2)cc1)C(C)C)C(N)=O. The smallest absolute Gasteiger partial charge is 0.317 e. The fourth-order valence-corrected chi connectivity index (χ4v) is 12.2. The molecule has 0 spiro atoms. The average molecular weight is 1560 g/mol. The van der Waals surface area contributed by atoms with E-state index in [1.165, 1.54) is 75.1 Å². The van der Waals surface area contributed by atoms with Gasteiger partial charge in [-0.15, -0.1) is 0 Å². The van der Waals surface area contributed by atoms with E-state index in [9.17, 15) is 97.1 Å². The second-order valence-corrected chi connectivity index (χ2v) is 28.1. The molecular formula is C70H101N19O20S. The van der Waals surface area contributed by atoms with Gasteiger partial charge in [-0.2, -0.15) is 11.8 Å². The van der Waals surface area contributed by atoms with Crippen LogP contribution in [0.25, 0.3) is 10.9 Å². The van der Waals surface area contributed by atoms with E-state index in [0.29, 0.717) is 27.9 Å². The number of amides is 12. The number of nitrogens with zero attached hydrogens (tertiary/aromatic N) is 5. The van der Waals surface area contributed by atoms with Gasteiger partial charge in [0.25, 0.3) is 5.91 Å². The van der Waals surface area contributed by atoms with E-state index >= 15 is 0 Å². The number of carbonyl (C=O) groups is 16. The van der Waals surface area contributed by atoms with Crippen molar-refractivity contribution in [2.24, 2.45) is 23.3 Å². The molecule has 2 aromatic heterocycles. The van der Waals surface area contributed by atoms with Crippen LogP contribution in [-0.4, -0.2) is 295 Å². The van der Waals surface area contributed by atoms with E-state index in [1.807, 2.05) is 20.1 Å². The summed E-state index contributed by atoms with van der Waals surface area (Å²) in [6, 6.07) is 1.43. The first-order chi connectivity index (χ1) is 52.1. The van der Waals surface area contributed by atoms with Crippen LogP contribution >= 0.6 is 11.8 Å². The molecule has 20 N–H and O–H groups in total. The molecule has 12 amide bonds. The molecule has 39 nitrogen and oxygen atoms in total. The standard InChI is InChI=1S/C70H101N19O20S/c1-39(2)27-50(67(106)81-48(62(72)101)17-26-110-6)83-68(107)52(29-45-32-73-38-77-45)80-56(92)34-76-70(109)61(40(3)4)85-63(102)41(5)78-66(105)51(28-43-31-74-47-10-8-7-9-46(43)47)84-65(104)49(15-16-54(71)90)82-64(103)42-11-13-44(14-12-42)79-55(91)33-75-69(108)53(30-57(93)94)89-24-22-87(36-59(97)98)20-18-86(35-58(95)96)19-21-88(23-25-89)37-60(99)100/h7-14,31-32,38-41,48-53,61,74H,15-30,33-37H2,1-6H3,(H2,71,90)(H2,72,101)(H,73,77)(H,75,108)(H,76,109)(H,78,105)(H,79,91)(H,80,92)(H,81,106)(H,82,103)(H,83,107)(H,84,104)(H,85,102)(H,93,94)(H,95,96)(H,97,98)(H,99,100)/t41-,48-,49-,50-,51-,52-,53?,61-/m0/s1. The third kappa shape index (κ3) is 31.2. The number of thioether (sulfide) groups is 1. The van der Waals surface area contributed by atoms with Crippen LogP contribution in [0.15, 0.2) is 67.3 Å². The summed E-state index contributed by atoms with van der Waals surface area (Å²) in [5.41, 5.74) is 12.7. The summed E-state index contributed by atoms with van der Waals surface area (Å²) in [6.45, 7) is 5.34. The highest BCUT2D eigenvalue weighted by Crippen LogP contribution is 2.21. The summed E-state index contributed by atoms with van der Waals surface area (Å²) in [7, 11) is 0. The number of para-hydroxylation sites is 1. The van der Waals surface area contributed by atoms with E-state index in [1.54, 1.807) is 44.3 Å². The maximum Gasteiger partial charge on any atom is 0.317 e. The van der Waals surface area contributed by atoms with Crippen LogP contribution < -0.4 is 64.6 Å². The van der Waals surface area contributed by atoms with Gasteiger partial charge in [-0.25, -0.2) is 4.98 Å². The van der Waals surface area contributed by atoms with Gasteiger partial charge in [0.15, 0.2) is 0 Å². The van der Waals surface area contributed by atoms with Crippen LogP contribution in [-0.2, 0) is 84.8 Å². The van der Waals surface area contributed by atoms with Crippen LogP contribution in [0.4, 0.5) is 5.69 Å². The van der Waals surface area contributed by atoms with E-state index in [4.69, 9.17) is 11.5 Å². The zero-order valence-electron chi connectivity index (χ0n) is 62.1. The molecule has 8 atom stereocenters. The number of anilines is 1. The van der Waals surface area contributed by atoms with Crippen molar-refractivity contribution in [1.82, 2.24) is 82.4 Å². The number of rotatable bonds is 43. The van der Waals surface area contributed by atoms with Gasteiger partial charge in [-0.1, -0.05) is 45.9 Å². The number of hydrogen-bond acceptors (Lipinski definition) is 22. The number of carbonyl (C=O) groups excluding carboxylic acids is 12. The molecule has 1 aliphatic heterocycles. The van der Waals surface area contributed by atoms with Gasteiger partial charge >= 0.3 is 23.9 Å². The molecule has 3 heterocycles. The molecule has 40 heteroatoms. The second kappa shape index (κ2) is 45.0. The maximum atomic E-state index is 14.5. The minimum Gasteiger partial charge on any atom is -0.481 e. The van der Waals surface area contributed by atoms with Crippen molar-refractivity contribution < 1.29 is 97.1 Å². The Morgan fingerprint density at radius 3 is 1.63 bits per heavy atom. The molecule has 1 saturated heterocycles. The molecule has 1 unspecified atom stereocenters. The predicted octanol–water partition coefficient (Wildman–Crippen LogP) is -3.90. The summed E-state index contributed by atoms with van der Waals surface area (Å²) in [4.78, 5) is 227. The summed E-state index contributed by atoms with van der Waals surface area (Å²) in [5, 5.41) is 65.1. The van der Waals surface area contributed by atoms with Gasteiger partial charge in [0, 0.05) is 106 Å². The number of aromatic amines is 2. The number of hydrogen-bond donors (Lipinski definition) is 18. The molecule has 1 fully saturated rings. The van der Waals surface area contributed by atoms with E-state index in [2.05, 4.69) is 68.1 Å². The fraction of sp³-hybridized carbons (Fsp3) is 0.529. The van der Waals surface area contributed by atoms with E-state index < -0.39 is 195 Å². The van der Waals surface area contributed by atoms with Gasteiger partial charge in [0.05, 0.1) is 57.2 Å². The van der Waals surface area contributed by atoms with Gasteiger partial charge in [0.2, 0.25) is 65.0 Å². The molecule has 0 radical (unpaired) electrons. The Hall–Kier alpha value is -11.1. The topological polar surface area (TPSA) is 584 Å². The number of aromatic nitrogens is 3. The molecule has 2 aromatic carbocycles. The molecule has 5 rings (SSSR count). The lowest BCUT2D eigenvalue weighted by Gasteiger charge is -2.35.